The molecule has 0 saturated carbocycles. The molecule has 0 bridgehead atoms. The number of fused-ring (bicyclic) bond motifs is 1. The molecule has 1 aromatic heterocycles. The normalized spacial score (nSPS) is 15.0. The summed E-state index contributed by atoms with van der Waals surface area (Å²) in [4.78, 5) is 4.60. The molecule has 0 spiro atoms. The molecule has 9 heteroatoms. The number of aliphatic imine (C=N–C) groups is 1. The van der Waals surface area contributed by atoms with Gasteiger partial charge in [0.15, 0.2) is 17.5 Å². The van der Waals surface area contributed by atoms with Crippen LogP contribution in [-0.2, 0) is 12.1 Å². The van der Waals surface area contributed by atoms with Gasteiger partial charge in [-0.05, 0) is 69.9 Å². The highest BCUT2D eigenvalue weighted by atomic mass is 127. The third kappa shape index (κ3) is 5.72. The van der Waals surface area contributed by atoms with Crippen LogP contribution in [0, 0.1) is 0 Å². The number of benzene rings is 1. The highest BCUT2D eigenvalue weighted by molar-refractivity contribution is 14.0. The van der Waals surface area contributed by atoms with Crippen molar-refractivity contribution in [1.82, 2.24) is 10.6 Å². The summed E-state index contributed by atoms with van der Waals surface area (Å²) in [6.07, 6.45) is 0. The molecule has 0 fully saturated rings. The van der Waals surface area contributed by atoms with Crippen molar-refractivity contribution >= 4 is 57.2 Å². The van der Waals surface area contributed by atoms with Crippen LogP contribution >= 0.6 is 51.2 Å². The molecular weight excluding hydrogens is 545 g/mol. The van der Waals surface area contributed by atoms with Crippen molar-refractivity contribution in [3.05, 3.63) is 44.6 Å². The molecule has 6 nitrogen and oxygen atoms in total. The van der Waals surface area contributed by atoms with Crippen molar-refractivity contribution in [3.63, 3.8) is 0 Å². The minimum atomic E-state index is -0.960. The Balaban J connectivity index is 0.00000261. The van der Waals surface area contributed by atoms with E-state index in [4.69, 9.17) is 9.47 Å². The number of guanidine groups is 1. The molecule has 1 unspecified atom stereocenters. The highest BCUT2D eigenvalue weighted by Crippen LogP contribution is 2.40. The first-order valence-corrected chi connectivity index (χ1v) is 10.1. The number of rotatable bonds is 6. The molecule has 148 valence electrons. The predicted molar refractivity (Wildman–Crippen MR) is 122 cm³/mol. The molecule has 1 atom stereocenters. The Kier molecular flexibility index (Phi) is 8.20. The van der Waals surface area contributed by atoms with E-state index in [1.807, 2.05) is 35.9 Å². The van der Waals surface area contributed by atoms with Gasteiger partial charge >= 0.3 is 0 Å². The second kappa shape index (κ2) is 9.94. The summed E-state index contributed by atoms with van der Waals surface area (Å²) in [7, 11) is 0. The number of hydrogen-bond donors (Lipinski definition) is 3. The summed E-state index contributed by atoms with van der Waals surface area (Å²) < 4.78 is 11.7. The topological polar surface area (TPSA) is 75.1 Å². The Morgan fingerprint density at radius 2 is 2.19 bits per heavy atom. The first-order chi connectivity index (χ1) is 12.5. The fourth-order valence-electron chi connectivity index (χ4n) is 2.55. The average molecular weight is 568 g/mol. The van der Waals surface area contributed by atoms with Crippen molar-refractivity contribution in [1.29, 1.82) is 0 Å². The lowest BCUT2D eigenvalue weighted by Crippen LogP contribution is -2.44. The van der Waals surface area contributed by atoms with Gasteiger partial charge in [0.05, 0.1) is 17.6 Å². The molecule has 0 saturated heterocycles. The molecule has 1 aliphatic rings. The van der Waals surface area contributed by atoms with Crippen molar-refractivity contribution in [3.8, 4) is 11.5 Å². The average Bonchev–Trinajstić information content (AvgIpc) is 3.29. The molecule has 0 amide bonds. The van der Waals surface area contributed by atoms with Gasteiger partial charge in [-0.15, -0.1) is 24.0 Å². The summed E-state index contributed by atoms with van der Waals surface area (Å²) in [5, 5.41) is 21.0. The van der Waals surface area contributed by atoms with Gasteiger partial charge in [0.1, 0.15) is 5.60 Å². The predicted octanol–water partition coefficient (Wildman–Crippen LogP) is 3.82. The van der Waals surface area contributed by atoms with Crippen LogP contribution in [0.3, 0.4) is 0 Å². The maximum absolute atomic E-state index is 10.6. The lowest BCUT2D eigenvalue weighted by atomic mass is 9.99. The number of thiophene rings is 1. The lowest BCUT2D eigenvalue weighted by molar-refractivity contribution is 0.0621. The van der Waals surface area contributed by atoms with E-state index in [0.29, 0.717) is 19.0 Å². The molecule has 2 heterocycles. The van der Waals surface area contributed by atoms with E-state index in [2.05, 4.69) is 31.6 Å². The summed E-state index contributed by atoms with van der Waals surface area (Å²) >= 11 is 5.07. The third-order valence-corrected chi connectivity index (χ3v) is 5.27. The Hall–Kier alpha value is -1.04. The quantitative estimate of drug-likeness (QED) is 0.281. The van der Waals surface area contributed by atoms with Crippen molar-refractivity contribution in [2.24, 2.45) is 4.99 Å². The van der Waals surface area contributed by atoms with Crippen LogP contribution < -0.4 is 20.1 Å². The van der Waals surface area contributed by atoms with Gasteiger partial charge in [-0.2, -0.15) is 11.3 Å². The van der Waals surface area contributed by atoms with Gasteiger partial charge in [-0.3, -0.25) is 0 Å². The summed E-state index contributed by atoms with van der Waals surface area (Å²) in [5.74, 6) is 2.11. The Bertz CT molecular complexity index is 784. The summed E-state index contributed by atoms with van der Waals surface area (Å²) in [5.41, 5.74) is 0.936. The third-order valence-electron chi connectivity index (χ3n) is 3.99. The Morgan fingerprint density at radius 1 is 1.37 bits per heavy atom. The second-order valence-electron chi connectivity index (χ2n) is 6.15. The zero-order chi connectivity index (χ0) is 18.6. The van der Waals surface area contributed by atoms with Crippen LogP contribution in [0.5, 0.6) is 11.5 Å². The smallest absolute Gasteiger partial charge is 0.231 e. The first-order valence-electron chi connectivity index (χ1n) is 8.35. The SMILES string of the molecule is CCNC(=NCc1cc(Br)c2c(c1)OCO2)NCC(C)(O)c1ccsc1.I. The van der Waals surface area contributed by atoms with Gasteiger partial charge in [-0.1, -0.05) is 0 Å². The fourth-order valence-corrected chi connectivity index (χ4v) is 3.94. The van der Waals surface area contributed by atoms with Gasteiger partial charge in [0.25, 0.3) is 0 Å². The molecule has 2 aromatic rings. The largest absolute Gasteiger partial charge is 0.454 e. The molecule has 1 aromatic carbocycles. The number of hydrogen-bond acceptors (Lipinski definition) is 5. The standard InChI is InChI=1S/C18H22BrN3O3S.HI/c1-3-20-17(22-10-18(2,23)13-4-5-26-9-13)21-8-12-6-14(19)16-15(7-12)24-11-25-16;/h4-7,9,23H,3,8,10-11H2,1-2H3,(H2,20,21,22);1H. The minimum absolute atomic E-state index is 0. The van der Waals surface area contributed by atoms with Crippen LogP contribution in [0.15, 0.2) is 38.4 Å². The number of nitrogens with zero attached hydrogens (tertiary/aromatic N) is 1. The maximum Gasteiger partial charge on any atom is 0.231 e. The van der Waals surface area contributed by atoms with E-state index < -0.39 is 5.60 Å². The van der Waals surface area contributed by atoms with E-state index in [1.165, 1.54) is 0 Å². The summed E-state index contributed by atoms with van der Waals surface area (Å²) in [6, 6.07) is 5.84. The molecule has 0 radical (unpaired) electrons. The van der Waals surface area contributed by atoms with Gasteiger partial charge in [0, 0.05) is 6.54 Å². The van der Waals surface area contributed by atoms with E-state index in [1.54, 1.807) is 18.3 Å². The minimum Gasteiger partial charge on any atom is -0.454 e. The number of halogens is 2. The van der Waals surface area contributed by atoms with E-state index in [9.17, 15) is 5.11 Å². The van der Waals surface area contributed by atoms with Gasteiger partial charge in [0.2, 0.25) is 6.79 Å². The zero-order valence-corrected chi connectivity index (χ0v) is 19.9. The summed E-state index contributed by atoms with van der Waals surface area (Å²) in [6.45, 7) is 5.61. The van der Waals surface area contributed by atoms with Crippen molar-refractivity contribution in [2.45, 2.75) is 26.0 Å². The van der Waals surface area contributed by atoms with Crippen molar-refractivity contribution < 1.29 is 14.6 Å². The first kappa shape index (κ1) is 22.3. The van der Waals surface area contributed by atoms with Gasteiger partial charge < -0.3 is 25.2 Å². The van der Waals surface area contributed by atoms with E-state index >= 15 is 0 Å². The number of aliphatic hydroxyl groups is 1. The van der Waals surface area contributed by atoms with Gasteiger partial charge in [-0.25, -0.2) is 4.99 Å². The fraction of sp³-hybridized carbons (Fsp3) is 0.389. The monoisotopic (exact) mass is 567 g/mol. The van der Waals surface area contributed by atoms with Crippen LogP contribution in [0.4, 0.5) is 0 Å². The number of nitrogens with one attached hydrogen (secondary N) is 2. The van der Waals surface area contributed by atoms with E-state index in [0.717, 1.165) is 33.6 Å². The molecule has 27 heavy (non-hydrogen) atoms. The Morgan fingerprint density at radius 3 is 2.89 bits per heavy atom. The molecular formula is C18H23BrIN3O3S. The highest BCUT2D eigenvalue weighted by Gasteiger charge is 2.23. The van der Waals surface area contributed by atoms with Crippen LogP contribution in [0.2, 0.25) is 0 Å². The van der Waals surface area contributed by atoms with Crippen LogP contribution in [0.25, 0.3) is 0 Å². The number of ether oxygens (including phenoxy) is 2. The van der Waals surface area contributed by atoms with E-state index in [-0.39, 0.29) is 30.8 Å². The van der Waals surface area contributed by atoms with Crippen LogP contribution in [0.1, 0.15) is 25.0 Å². The molecule has 0 aliphatic carbocycles. The van der Waals surface area contributed by atoms with Crippen molar-refractivity contribution in [2.75, 3.05) is 19.9 Å². The molecule has 1 aliphatic heterocycles. The molecule has 3 N–H and O–H groups in total. The van der Waals surface area contributed by atoms with Crippen LogP contribution in [-0.4, -0.2) is 30.9 Å². The molecule has 3 rings (SSSR count). The second-order valence-corrected chi connectivity index (χ2v) is 7.78. The lowest BCUT2D eigenvalue weighted by Gasteiger charge is -2.24. The Labute approximate surface area is 188 Å². The maximum atomic E-state index is 10.6. The zero-order valence-electron chi connectivity index (χ0n) is 15.1.